The maximum absolute atomic E-state index is 10.7. The number of allylic oxidation sites excluding steroid dienone is 1. The molecule has 0 atom stereocenters. The summed E-state index contributed by atoms with van der Waals surface area (Å²) in [5.74, 6) is -0.942. The van der Waals surface area contributed by atoms with Crippen LogP contribution in [0.15, 0.2) is 12.2 Å². The predicted molar refractivity (Wildman–Crippen MR) is 56.0 cm³/mol. The van der Waals surface area contributed by atoms with Crippen molar-refractivity contribution in [2.24, 2.45) is 0 Å². The lowest BCUT2D eigenvalue weighted by atomic mass is 10.2. The summed E-state index contributed by atoms with van der Waals surface area (Å²) < 4.78 is 9.55. The highest BCUT2D eigenvalue weighted by Gasteiger charge is 2.10. The molecule has 0 N–H and O–H groups in total. The summed E-state index contributed by atoms with van der Waals surface area (Å²) in [6, 6.07) is 0. The SMILES string of the molecule is CCCCC=CC(OC(C)=O)OC(C)=O. The van der Waals surface area contributed by atoms with Gasteiger partial charge in [0.05, 0.1) is 0 Å². The molecule has 86 valence electrons. The Bertz CT molecular complexity index is 217. The smallest absolute Gasteiger partial charge is 0.305 e. The molecular formula is C11H18O4. The maximum atomic E-state index is 10.7. The molecule has 0 amide bonds. The van der Waals surface area contributed by atoms with Gasteiger partial charge in [0, 0.05) is 13.8 Å². The molecule has 0 bridgehead atoms. The van der Waals surface area contributed by atoms with Gasteiger partial charge in [-0.05, 0) is 12.5 Å². The topological polar surface area (TPSA) is 52.6 Å². The molecule has 0 aliphatic heterocycles. The van der Waals surface area contributed by atoms with E-state index in [1.165, 1.54) is 13.8 Å². The molecule has 0 aliphatic carbocycles. The van der Waals surface area contributed by atoms with E-state index in [0.717, 1.165) is 19.3 Å². The highest BCUT2D eigenvalue weighted by atomic mass is 16.7. The zero-order chi connectivity index (χ0) is 11.7. The average Bonchev–Trinajstić information content (AvgIpc) is 2.10. The van der Waals surface area contributed by atoms with Crippen LogP contribution in [-0.4, -0.2) is 18.2 Å². The summed E-state index contributed by atoms with van der Waals surface area (Å²) in [4.78, 5) is 21.4. The number of ether oxygens (including phenoxy) is 2. The molecule has 0 heterocycles. The van der Waals surface area contributed by atoms with E-state index >= 15 is 0 Å². The van der Waals surface area contributed by atoms with Crippen molar-refractivity contribution in [1.82, 2.24) is 0 Å². The van der Waals surface area contributed by atoms with Gasteiger partial charge in [-0.25, -0.2) is 0 Å². The summed E-state index contributed by atoms with van der Waals surface area (Å²) in [5.41, 5.74) is 0. The van der Waals surface area contributed by atoms with Gasteiger partial charge >= 0.3 is 11.9 Å². The second-order valence-corrected chi connectivity index (χ2v) is 3.16. The van der Waals surface area contributed by atoms with Crippen LogP contribution in [0.2, 0.25) is 0 Å². The maximum Gasteiger partial charge on any atom is 0.305 e. The lowest BCUT2D eigenvalue weighted by molar-refractivity contribution is -0.176. The van der Waals surface area contributed by atoms with E-state index in [2.05, 4.69) is 6.92 Å². The molecular weight excluding hydrogens is 196 g/mol. The van der Waals surface area contributed by atoms with Crippen molar-refractivity contribution in [2.75, 3.05) is 0 Å². The normalized spacial score (nSPS) is 10.7. The Morgan fingerprint density at radius 3 is 2.13 bits per heavy atom. The molecule has 4 heteroatoms. The number of hydrogen-bond acceptors (Lipinski definition) is 4. The van der Waals surface area contributed by atoms with E-state index in [1.54, 1.807) is 6.08 Å². The molecule has 0 aromatic carbocycles. The Morgan fingerprint density at radius 2 is 1.73 bits per heavy atom. The van der Waals surface area contributed by atoms with E-state index in [-0.39, 0.29) is 0 Å². The summed E-state index contributed by atoms with van der Waals surface area (Å²) >= 11 is 0. The number of carbonyl (C=O) groups is 2. The standard InChI is InChI=1S/C11H18O4/c1-4-5-6-7-8-11(14-9(2)12)15-10(3)13/h7-8,11H,4-6H2,1-3H3. The zero-order valence-electron chi connectivity index (χ0n) is 9.49. The van der Waals surface area contributed by atoms with Gasteiger partial charge in [-0.1, -0.05) is 25.8 Å². The minimum absolute atomic E-state index is 0.471. The van der Waals surface area contributed by atoms with E-state index in [0.29, 0.717) is 0 Å². The van der Waals surface area contributed by atoms with E-state index in [1.807, 2.05) is 6.08 Å². The molecule has 0 aliphatic rings. The molecule has 0 fully saturated rings. The molecule has 0 rings (SSSR count). The minimum Gasteiger partial charge on any atom is -0.421 e. The van der Waals surface area contributed by atoms with Crippen LogP contribution < -0.4 is 0 Å². The molecule has 4 nitrogen and oxygen atoms in total. The van der Waals surface area contributed by atoms with Gasteiger partial charge < -0.3 is 9.47 Å². The first kappa shape index (κ1) is 13.7. The van der Waals surface area contributed by atoms with Gasteiger partial charge in [0.15, 0.2) is 0 Å². The first-order valence-corrected chi connectivity index (χ1v) is 5.07. The predicted octanol–water partition coefficient (Wildman–Crippen LogP) is 2.19. The molecule has 0 saturated carbocycles. The van der Waals surface area contributed by atoms with Crippen LogP contribution in [0.4, 0.5) is 0 Å². The van der Waals surface area contributed by atoms with Crippen molar-refractivity contribution in [3.8, 4) is 0 Å². The Morgan fingerprint density at radius 1 is 1.20 bits per heavy atom. The van der Waals surface area contributed by atoms with Crippen LogP contribution in [0.3, 0.4) is 0 Å². The third kappa shape index (κ3) is 9.00. The quantitative estimate of drug-likeness (QED) is 0.294. The van der Waals surface area contributed by atoms with Gasteiger partial charge in [0.2, 0.25) is 0 Å². The fraction of sp³-hybridized carbons (Fsp3) is 0.636. The van der Waals surface area contributed by atoms with Crippen molar-refractivity contribution in [3.63, 3.8) is 0 Å². The second-order valence-electron chi connectivity index (χ2n) is 3.16. The van der Waals surface area contributed by atoms with Gasteiger partial charge in [0.25, 0.3) is 6.29 Å². The summed E-state index contributed by atoms with van der Waals surface area (Å²) in [6.45, 7) is 4.64. The molecule has 0 aromatic heterocycles. The second kappa shape index (κ2) is 8.03. The number of hydrogen-bond donors (Lipinski definition) is 0. The molecule has 15 heavy (non-hydrogen) atoms. The highest BCUT2D eigenvalue weighted by molar-refractivity contribution is 5.68. The molecule has 0 radical (unpaired) electrons. The first-order chi connectivity index (χ1) is 7.06. The third-order valence-electron chi connectivity index (χ3n) is 1.58. The Kier molecular flexibility index (Phi) is 7.32. The first-order valence-electron chi connectivity index (χ1n) is 5.07. The van der Waals surface area contributed by atoms with E-state index in [4.69, 9.17) is 9.47 Å². The monoisotopic (exact) mass is 214 g/mol. The molecule has 0 aromatic rings. The van der Waals surface area contributed by atoms with Crippen LogP contribution in [0.1, 0.15) is 40.0 Å². The Hall–Kier alpha value is -1.32. The highest BCUT2D eigenvalue weighted by Crippen LogP contribution is 2.02. The number of esters is 2. The molecule has 0 unspecified atom stereocenters. The summed E-state index contributed by atoms with van der Waals surface area (Å²) in [6.07, 6.45) is 5.57. The molecule has 0 spiro atoms. The van der Waals surface area contributed by atoms with Crippen LogP contribution in [0, 0.1) is 0 Å². The van der Waals surface area contributed by atoms with Crippen molar-refractivity contribution in [2.45, 2.75) is 46.3 Å². The number of carbonyl (C=O) groups excluding carboxylic acids is 2. The van der Waals surface area contributed by atoms with Gasteiger partial charge in [-0.3, -0.25) is 9.59 Å². The van der Waals surface area contributed by atoms with Crippen molar-refractivity contribution in [3.05, 3.63) is 12.2 Å². The lowest BCUT2D eigenvalue weighted by Gasteiger charge is -2.12. The summed E-state index contributed by atoms with van der Waals surface area (Å²) in [7, 11) is 0. The van der Waals surface area contributed by atoms with Gasteiger partial charge in [-0.15, -0.1) is 0 Å². The van der Waals surface area contributed by atoms with Crippen LogP contribution >= 0.6 is 0 Å². The van der Waals surface area contributed by atoms with Crippen LogP contribution in [0.5, 0.6) is 0 Å². The van der Waals surface area contributed by atoms with Crippen molar-refractivity contribution in [1.29, 1.82) is 0 Å². The summed E-state index contributed by atoms with van der Waals surface area (Å²) in [5, 5.41) is 0. The molecule has 0 saturated heterocycles. The average molecular weight is 214 g/mol. The van der Waals surface area contributed by atoms with Crippen LogP contribution in [-0.2, 0) is 19.1 Å². The minimum atomic E-state index is -0.892. The van der Waals surface area contributed by atoms with Crippen LogP contribution in [0.25, 0.3) is 0 Å². The third-order valence-corrected chi connectivity index (χ3v) is 1.58. The van der Waals surface area contributed by atoms with Gasteiger partial charge in [0.1, 0.15) is 0 Å². The fourth-order valence-corrected chi connectivity index (χ4v) is 0.959. The fourth-order valence-electron chi connectivity index (χ4n) is 0.959. The zero-order valence-corrected chi connectivity index (χ0v) is 9.49. The Balaban J connectivity index is 4.05. The lowest BCUT2D eigenvalue weighted by Crippen LogP contribution is -2.20. The Labute approximate surface area is 90.2 Å². The number of unbranched alkanes of at least 4 members (excludes halogenated alkanes) is 2. The van der Waals surface area contributed by atoms with Gasteiger partial charge in [-0.2, -0.15) is 0 Å². The van der Waals surface area contributed by atoms with E-state index in [9.17, 15) is 9.59 Å². The number of rotatable bonds is 6. The van der Waals surface area contributed by atoms with Crippen molar-refractivity contribution >= 4 is 11.9 Å². The largest absolute Gasteiger partial charge is 0.421 e. The van der Waals surface area contributed by atoms with Crippen molar-refractivity contribution < 1.29 is 19.1 Å². The van der Waals surface area contributed by atoms with E-state index < -0.39 is 18.2 Å².